The smallest absolute Gasteiger partial charge is 0.241 e. The van der Waals surface area contributed by atoms with Crippen LogP contribution in [0.2, 0.25) is 0 Å². The lowest BCUT2D eigenvalue weighted by Crippen LogP contribution is -2.35. The first-order valence-corrected chi connectivity index (χ1v) is 26.3. The van der Waals surface area contributed by atoms with Crippen LogP contribution in [-0.4, -0.2) is 73.2 Å². The lowest BCUT2D eigenvalue weighted by Gasteiger charge is -2.21. The standard InChI is InChI=1S/C61H73N9O6/c62-52(22-10-13-37-65-55(71)40-43-16-4-1-5-17-43)59(74)68-49-31-25-46(26-32-49)58(47-27-33-50(34-28-47)69-60(75)53(63)23-11-14-38-66-56(72)41-44-18-6-2-7-19-44)48-29-35-51(36-30-48)70-61(76)54(64)24-12-15-39-67-57(73)42-45-20-8-3-9-21-45/h1-9,16-21,25-36,52-54,58H,10-15,22-24,37-42,62-64H2,(H,65,71)(H,66,72)(H,67,73)(H,68,74)(H,69,75)(H,70,76)/t52-,53-,54-/m1/s1. The molecule has 398 valence electrons. The van der Waals surface area contributed by atoms with Crippen LogP contribution >= 0.6 is 0 Å². The van der Waals surface area contributed by atoms with E-state index in [2.05, 4.69) is 31.9 Å². The largest absolute Gasteiger partial charge is 0.356 e. The van der Waals surface area contributed by atoms with Crippen molar-refractivity contribution in [2.24, 2.45) is 17.2 Å². The molecule has 0 saturated heterocycles. The van der Waals surface area contributed by atoms with Gasteiger partial charge in [-0.3, -0.25) is 28.8 Å². The Hall–Kier alpha value is -7.98. The fourth-order valence-electron chi connectivity index (χ4n) is 8.63. The lowest BCUT2D eigenvalue weighted by molar-refractivity contribution is -0.121. The molecule has 0 radical (unpaired) electrons. The maximum atomic E-state index is 13.1. The number of carbonyl (C=O) groups excluding carboxylic acids is 6. The average molecular weight is 1030 g/mol. The number of amides is 6. The molecule has 15 nitrogen and oxygen atoms in total. The normalized spacial score (nSPS) is 12.2. The predicted molar refractivity (Wildman–Crippen MR) is 301 cm³/mol. The number of hydrogen-bond donors (Lipinski definition) is 9. The van der Waals surface area contributed by atoms with Crippen molar-refractivity contribution in [2.45, 2.75) is 101 Å². The van der Waals surface area contributed by atoms with Crippen LogP contribution in [0.1, 0.15) is 97.1 Å². The maximum Gasteiger partial charge on any atom is 0.241 e. The SMILES string of the molecule is N[C@H](CCCCNC(=O)Cc1ccccc1)C(=O)Nc1ccc(C(c2ccc(NC(=O)[C@H](N)CCCCNC(=O)Cc3ccccc3)cc2)c2ccc(NC(=O)[C@H](N)CCCCNC(=O)Cc3ccccc3)cc2)cc1. The molecule has 0 aliphatic rings. The molecule has 6 aromatic carbocycles. The van der Waals surface area contributed by atoms with Crippen molar-refractivity contribution >= 4 is 52.5 Å². The number of nitrogens with one attached hydrogen (secondary N) is 6. The van der Waals surface area contributed by atoms with Crippen LogP contribution in [0.25, 0.3) is 0 Å². The molecule has 0 saturated carbocycles. The molecule has 3 atom stereocenters. The molecular formula is C61H73N9O6. The van der Waals surface area contributed by atoms with Crippen molar-refractivity contribution in [3.05, 3.63) is 197 Å². The van der Waals surface area contributed by atoms with E-state index in [1.165, 1.54) is 0 Å². The van der Waals surface area contributed by atoms with Crippen molar-refractivity contribution in [3.8, 4) is 0 Å². The summed E-state index contributed by atoms with van der Waals surface area (Å²) in [5.41, 5.74) is 26.2. The van der Waals surface area contributed by atoms with Gasteiger partial charge in [0.05, 0.1) is 37.4 Å². The molecule has 0 aliphatic heterocycles. The lowest BCUT2D eigenvalue weighted by atomic mass is 9.85. The fraction of sp³-hybridized carbons (Fsp3) is 0.311. The second kappa shape index (κ2) is 31.0. The Kier molecular flexibility index (Phi) is 23.4. The van der Waals surface area contributed by atoms with E-state index < -0.39 is 18.1 Å². The molecule has 0 unspecified atom stereocenters. The van der Waals surface area contributed by atoms with Gasteiger partial charge in [0.1, 0.15) is 0 Å². The van der Waals surface area contributed by atoms with Gasteiger partial charge in [-0.05, 0) is 128 Å². The summed E-state index contributed by atoms with van der Waals surface area (Å²) < 4.78 is 0. The molecule has 6 rings (SSSR count). The van der Waals surface area contributed by atoms with Gasteiger partial charge in [0.25, 0.3) is 0 Å². The minimum absolute atomic E-state index is 0.0484. The van der Waals surface area contributed by atoms with E-state index in [4.69, 9.17) is 17.2 Å². The summed E-state index contributed by atoms with van der Waals surface area (Å²) in [5.74, 6) is -1.36. The number of nitrogens with two attached hydrogens (primary N) is 3. The molecule has 0 spiro atoms. The van der Waals surface area contributed by atoms with Gasteiger partial charge >= 0.3 is 0 Å². The van der Waals surface area contributed by atoms with Crippen LogP contribution in [0.5, 0.6) is 0 Å². The number of hydrogen-bond acceptors (Lipinski definition) is 9. The third kappa shape index (κ3) is 20.0. The molecular weight excluding hydrogens is 955 g/mol. The highest BCUT2D eigenvalue weighted by atomic mass is 16.2. The summed E-state index contributed by atoms with van der Waals surface area (Å²) in [5, 5.41) is 17.6. The van der Waals surface area contributed by atoms with Gasteiger partial charge in [0, 0.05) is 42.6 Å². The van der Waals surface area contributed by atoms with E-state index in [0.29, 0.717) is 114 Å². The molecule has 6 aromatic rings. The van der Waals surface area contributed by atoms with Crippen molar-refractivity contribution in [1.29, 1.82) is 0 Å². The van der Waals surface area contributed by atoms with Crippen LogP contribution in [0.3, 0.4) is 0 Å². The van der Waals surface area contributed by atoms with E-state index in [0.717, 1.165) is 33.4 Å². The Bertz CT molecular complexity index is 2440. The topological polar surface area (TPSA) is 253 Å². The quantitative estimate of drug-likeness (QED) is 0.0163. The summed E-state index contributed by atoms with van der Waals surface area (Å²) in [4.78, 5) is 76.4. The molecule has 0 aliphatic carbocycles. The molecule has 12 N–H and O–H groups in total. The number of anilines is 3. The zero-order valence-corrected chi connectivity index (χ0v) is 43.2. The second-order valence-corrected chi connectivity index (χ2v) is 19.1. The van der Waals surface area contributed by atoms with Gasteiger partial charge in [-0.2, -0.15) is 0 Å². The van der Waals surface area contributed by atoms with Crippen LogP contribution in [-0.2, 0) is 48.0 Å². The van der Waals surface area contributed by atoms with E-state index in [1.54, 1.807) is 0 Å². The van der Waals surface area contributed by atoms with Crippen molar-refractivity contribution in [2.75, 3.05) is 35.6 Å². The first-order valence-electron chi connectivity index (χ1n) is 26.3. The van der Waals surface area contributed by atoms with Gasteiger partial charge in [-0.25, -0.2) is 0 Å². The highest BCUT2D eigenvalue weighted by Gasteiger charge is 2.21. The molecule has 0 aromatic heterocycles. The predicted octanol–water partition coefficient (Wildman–Crippen LogP) is 7.25. The summed E-state index contributed by atoms with van der Waals surface area (Å²) in [6, 6.07) is 49.1. The van der Waals surface area contributed by atoms with Crippen molar-refractivity contribution < 1.29 is 28.8 Å². The van der Waals surface area contributed by atoms with E-state index >= 15 is 0 Å². The van der Waals surface area contributed by atoms with Gasteiger partial charge in [0.15, 0.2) is 0 Å². The third-order valence-electron chi connectivity index (χ3n) is 13.0. The van der Waals surface area contributed by atoms with Crippen molar-refractivity contribution in [1.82, 2.24) is 16.0 Å². The highest BCUT2D eigenvalue weighted by Crippen LogP contribution is 2.34. The Morgan fingerprint density at radius 2 is 0.579 bits per heavy atom. The zero-order chi connectivity index (χ0) is 53.9. The molecule has 76 heavy (non-hydrogen) atoms. The van der Waals surface area contributed by atoms with Gasteiger partial charge in [0.2, 0.25) is 35.4 Å². The number of rotatable bonds is 30. The molecule has 0 fully saturated rings. The average Bonchev–Trinajstić information content (AvgIpc) is 3.43. The Balaban J connectivity index is 1.02. The maximum absolute atomic E-state index is 13.1. The van der Waals surface area contributed by atoms with Crippen molar-refractivity contribution in [3.63, 3.8) is 0 Å². The molecule has 0 heterocycles. The minimum atomic E-state index is -0.733. The van der Waals surface area contributed by atoms with Crippen LogP contribution in [0.15, 0.2) is 164 Å². The van der Waals surface area contributed by atoms with Gasteiger partial charge < -0.3 is 49.1 Å². The zero-order valence-electron chi connectivity index (χ0n) is 43.2. The first-order chi connectivity index (χ1) is 36.9. The van der Waals surface area contributed by atoms with E-state index in [9.17, 15) is 28.8 Å². The Labute approximate surface area is 446 Å². The number of benzene rings is 6. The van der Waals surface area contributed by atoms with E-state index in [1.807, 2.05) is 164 Å². The monoisotopic (exact) mass is 1030 g/mol. The first kappa shape index (κ1) is 57.3. The Morgan fingerprint density at radius 3 is 0.829 bits per heavy atom. The summed E-state index contributed by atoms with van der Waals surface area (Å²) in [6.07, 6.45) is 6.41. The van der Waals surface area contributed by atoms with Crippen LogP contribution in [0, 0.1) is 0 Å². The number of unbranched alkanes of at least 4 members (excludes halogenated alkanes) is 3. The van der Waals surface area contributed by atoms with Gasteiger partial charge in [-0.15, -0.1) is 0 Å². The fourth-order valence-corrected chi connectivity index (χ4v) is 8.63. The molecule has 6 amide bonds. The van der Waals surface area contributed by atoms with E-state index in [-0.39, 0.29) is 41.4 Å². The Morgan fingerprint density at radius 1 is 0.329 bits per heavy atom. The second-order valence-electron chi connectivity index (χ2n) is 19.1. The van der Waals surface area contributed by atoms with Gasteiger partial charge in [-0.1, -0.05) is 127 Å². The summed E-state index contributed by atoms with van der Waals surface area (Å²) >= 11 is 0. The summed E-state index contributed by atoms with van der Waals surface area (Å²) in [6.45, 7) is 1.50. The molecule has 15 heteroatoms. The van der Waals surface area contributed by atoms with Crippen LogP contribution in [0.4, 0.5) is 17.1 Å². The highest BCUT2D eigenvalue weighted by molar-refractivity contribution is 5.96. The number of carbonyl (C=O) groups is 6. The summed E-state index contributed by atoms with van der Waals surface area (Å²) in [7, 11) is 0. The molecule has 0 bridgehead atoms. The third-order valence-corrected chi connectivity index (χ3v) is 13.0. The minimum Gasteiger partial charge on any atom is -0.356 e. The van der Waals surface area contributed by atoms with Crippen LogP contribution < -0.4 is 49.1 Å².